The summed E-state index contributed by atoms with van der Waals surface area (Å²) in [4.78, 5) is 1.51. The van der Waals surface area contributed by atoms with Gasteiger partial charge in [-0.05, 0) is 37.3 Å². The molecule has 6 heteroatoms. The van der Waals surface area contributed by atoms with Gasteiger partial charge in [-0.25, -0.2) is 0 Å². The summed E-state index contributed by atoms with van der Waals surface area (Å²) in [6, 6.07) is 2.18. The van der Waals surface area contributed by atoms with Crippen LogP contribution in [0.4, 0.5) is 13.2 Å². The van der Waals surface area contributed by atoms with E-state index >= 15 is 0 Å². The molecule has 0 saturated carbocycles. The maximum absolute atomic E-state index is 12.6. The van der Waals surface area contributed by atoms with Crippen LogP contribution >= 0.6 is 0 Å². The van der Waals surface area contributed by atoms with Crippen LogP contribution in [0.2, 0.25) is 0 Å². The van der Waals surface area contributed by atoms with Gasteiger partial charge in [-0.1, -0.05) is 34.6 Å². The zero-order valence-corrected chi connectivity index (χ0v) is 15.5. The van der Waals surface area contributed by atoms with E-state index in [0.717, 1.165) is 18.5 Å². The van der Waals surface area contributed by atoms with Crippen molar-refractivity contribution in [2.24, 2.45) is 5.92 Å². The molecule has 0 spiro atoms. The second kappa shape index (κ2) is 7.06. The molecule has 138 valence electrons. The van der Waals surface area contributed by atoms with E-state index in [1.807, 2.05) is 4.68 Å². The van der Waals surface area contributed by atoms with Crippen molar-refractivity contribution < 1.29 is 13.2 Å². The summed E-state index contributed by atoms with van der Waals surface area (Å²) < 4.78 is 39.7. The van der Waals surface area contributed by atoms with E-state index in [0.29, 0.717) is 25.6 Å². The number of aromatic nitrogens is 2. The first kappa shape index (κ1) is 19.3. The van der Waals surface area contributed by atoms with Gasteiger partial charge in [-0.2, -0.15) is 18.3 Å². The lowest BCUT2D eigenvalue weighted by Crippen LogP contribution is -2.33. The Balaban J connectivity index is 2.10. The maximum Gasteiger partial charge on any atom is 0.401 e. The van der Waals surface area contributed by atoms with Crippen molar-refractivity contribution in [2.75, 3.05) is 19.6 Å². The van der Waals surface area contributed by atoms with Crippen LogP contribution in [0.1, 0.15) is 64.8 Å². The highest BCUT2D eigenvalue weighted by Crippen LogP contribution is 2.29. The zero-order chi connectivity index (χ0) is 18.1. The molecule has 0 radical (unpaired) electrons. The van der Waals surface area contributed by atoms with Gasteiger partial charge in [0.25, 0.3) is 0 Å². The SMILES string of the molecule is CCC(C)c1cc(C(C)(C)C)n(CC2CCN(CC(F)(F)F)C2)n1. The molecule has 1 saturated heterocycles. The summed E-state index contributed by atoms with van der Waals surface area (Å²) in [6.45, 7) is 11.7. The molecule has 1 aromatic rings. The Hall–Kier alpha value is -1.04. The van der Waals surface area contributed by atoms with Crippen LogP contribution < -0.4 is 0 Å². The summed E-state index contributed by atoms with van der Waals surface area (Å²) in [5, 5.41) is 4.79. The van der Waals surface area contributed by atoms with Gasteiger partial charge < -0.3 is 0 Å². The normalized spacial score (nSPS) is 21.4. The molecular formula is C18H30F3N3. The number of hydrogen-bond acceptors (Lipinski definition) is 2. The molecule has 1 aromatic heterocycles. The molecule has 1 aliphatic rings. The summed E-state index contributed by atoms with van der Waals surface area (Å²) in [6.07, 6.45) is -2.28. The van der Waals surface area contributed by atoms with Crippen LogP contribution in [-0.4, -0.2) is 40.5 Å². The lowest BCUT2D eigenvalue weighted by molar-refractivity contribution is -0.143. The number of nitrogens with zero attached hydrogens (tertiary/aromatic N) is 3. The van der Waals surface area contributed by atoms with Crippen molar-refractivity contribution >= 4 is 0 Å². The van der Waals surface area contributed by atoms with E-state index in [-0.39, 0.29) is 11.3 Å². The minimum Gasteiger partial charge on any atom is -0.295 e. The van der Waals surface area contributed by atoms with Gasteiger partial charge in [0.15, 0.2) is 0 Å². The van der Waals surface area contributed by atoms with Crippen molar-refractivity contribution in [2.45, 2.75) is 71.5 Å². The lowest BCUT2D eigenvalue weighted by atomic mass is 9.90. The molecule has 0 aromatic carbocycles. The van der Waals surface area contributed by atoms with Crippen molar-refractivity contribution in [1.82, 2.24) is 14.7 Å². The van der Waals surface area contributed by atoms with Gasteiger partial charge in [-0.15, -0.1) is 0 Å². The number of halogens is 3. The quantitative estimate of drug-likeness (QED) is 0.779. The van der Waals surface area contributed by atoms with E-state index in [4.69, 9.17) is 5.10 Å². The monoisotopic (exact) mass is 345 g/mol. The third-order valence-corrected chi connectivity index (χ3v) is 4.89. The molecule has 0 N–H and O–H groups in total. The summed E-state index contributed by atoms with van der Waals surface area (Å²) in [7, 11) is 0. The molecule has 1 aliphatic heterocycles. The van der Waals surface area contributed by atoms with Crippen LogP contribution in [0.15, 0.2) is 6.07 Å². The first-order valence-corrected chi connectivity index (χ1v) is 8.87. The lowest BCUT2D eigenvalue weighted by Gasteiger charge is -2.22. The first-order valence-electron chi connectivity index (χ1n) is 8.87. The van der Waals surface area contributed by atoms with Crippen LogP contribution in [-0.2, 0) is 12.0 Å². The summed E-state index contributed by atoms with van der Waals surface area (Å²) >= 11 is 0. The average Bonchev–Trinajstić information content (AvgIpc) is 3.03. The highest BCUT2D eigenvalue weighted by atomic mass is 19.4. The Morgan fingerprint density at radius 3 is 2.50 bits per heavy atom. The summed E-state index contributed by atoms with van der Waals surface area (Å²) in [5.74, 6) is 0.635. The number of rotatable bonds is 5. The Labute approximate surface area is 143 Å². The van der Waals surface area contributed by atoms with Crippen LogP contribution in [0.25, 0.3) is 0 Å². The molecule has 0 amide bonds. The van der Waals surface area contributed by atoms with E-state index in [1.165, 1.54) is 10.6 Å². The van der Waals surface area contributed by atoms with Crippen LogP contribution in [0.3, 0.4) is 0 Å². The van der Waals surface area contributed by atoms with Gasteiger partial charge >= 0.3 is 6.18 Å². The fourth-order valence-corrected chi connectivity index (χ4v) is 3.33. The molecule has 2 rings (SSSR count). The Bertz CT molecular complexity index is 543. The fraction of sp³-hybridized carbons (Fsp3) is 0.833. The predicted octanol–water partition coefficient (Wildman–Crippen LogP) is 4.58. The summed E-state index contributed by atoms with van der Waals surface area (Å²) in [5.41, 5.74) is 2.24. The molecular weight excluding hydrogens is 315 g/mol. The highest BCUT2D eigenvalue weighted by molar-refractivity contribution is 5.20. The molecule has 0 aliphatic carbocycles. The van der Waals surface area contributed by atoms with E-state index in [9.17, 15) is 13.2 Å². The minimum atomic E-state index is -4.11. The molecule has 24 heavy (non-hydrogen) atoms. The highest BCUT2D eigenvalue weighted by Gasteiger charge is 2.35. The molecule has 2 unspecified atom stereocenters. The van der Waals surface area contributed by atoms with Gasteiger partial charge in [0.05, 0.1) is 12.2 Å². The largest absolute Gasteiger partial charge is 0.401 e. The first-order chi connectivity index (χ1) is 11.0. The fourth-order valence-electron chi connectivity index (χ4n) is 3.33. The van der Waals surface area contributed by atoms with E-state index in [2.05, 4.69) is 40.7 Å². The van der Waals surface area contributed by atoms with Crippen molar-refractivity contribution in [3.63, 3.8) is 0 Å². The Morgan fingerprint density at radius 2 is 1.96 bits per heavy atom. The number of likely N-dealkylation sites (tertiary alicyclic amines) is 1. The van der Waals surface area contributed by atoms with Crippen LogP contribution in [0.5, 0.6) is 0 Å². The third-order valence-electron chi connectivity index (χ3n) is 4.89. The Morgan fingerprint density at radius 1 is 1.29 bits per heavy atom. The van der Waals surface area contributed by atoms with Crippen LogP contribution in [0, 0.1) is 5.92 Å². The van der Waals surface area contributed by atoms with Crippen molar-refractivity contribution in [3.05, 3.63) is 17.5 Å². The standard InChI is InChI=1S/C18H30F3N3/c1-6-13(2)15-9-16(17(3,4)5)24(22-15)11-14-7-8-23(10-14)12-18(19,20)21/h9,13-14H,6-8,10-12H2,1-5H3. The smallest absolute Gasteiger partial charge is 0.295 e. The van der Waals surface area contributed by atoms with Crippen molar-refractivity contribution in [3.8, 4) is 0 Å². The van der Waals surface area contributed by atoms with Crippen molar-refractivity contribution in [1.29, 1.82) is 0 Å². The zero-order valence-electron chi connectivity index (χ0n) is 15.5. The molecule has 0 bridgehead atoms. The molecule has 3 nitrogen and oxygen atoms in total. The topological polar surface area (TPSA) is 21.1 Å². The molecule has 2 atom stereocenters. The molecule has 2 heterocycles. The third kappa shape index (κ3) is 4.98. The van der Waals surface area contributed by atoms with Gasteiger partial charge in [-0.3, -0.25) is 9.58 Å². The predicted molar refractivity (Wildman–Crippen MR) is 90.2 cm³/mol. The Kier molecular flexibility index (Phi) is 5.68. The average molecular weight is 345 g/mol. The number of alkyl halides is 3. The molecule has 1 fully saturated rings. The van der Waals surface area contributed by atoms with Gasteiger partial charge in [0.1, 0.15) is 0 Å². The number of hydrogen-bond donors (Lipinski definition) is 0. The van der Waals surface area contributed by atoms with Gasteiger partial charge in [0.2, 0.25) is 0 Å². The minimum absolute atomic E-state index is 0.0248. The maximum atomic E-state index is 12.6. The van der Waals surface area contributed by atoms with E-state index in [1.54, 1.807) is 0 Å². The van der Waals surface area contributed by atoms with Gasteiger partial charge in [0, 0.05) is 24.2 Å². The van der Waals surface area contributed by atoms with E-state index < -0.39 is 12.7 Å². The second-order valence-corrected chi connectivity index (χ2v) is 8.20. The second-order valence-electron chi connectivity index (χ2n) is 8.20.